The number of hydrogen-bond donors (Lipinski definition) is 1. The van der Waals surface area contributed by atoms with Gasteiger partial charge in [0.15, 0.2) is 0 Å². The Morgan fingerprint density at radius 3 is 1.00 bits per heavy atom. The lowest BCUT2D eigenvalue weighted by molar-refractivity contribution is -0.122. The molecule has 1 N–H and O–H groups in total. The first-order valence-corrected chi connectivity index (χ1v) is 2.49. The largest absolute Gasteiger partial charge is 0.483 e. The van der Waals surface area contributed by atoms with Crippen LogP contribution < -0.4 is 0 Å². The quantitative estimate of drug-likeness (QED) is 0.647. The van der Waals surface area contributed by atoms with E-state index in [1.807, 2.05) is 36.4 Å². The van der Waals surface area contributed by atoms with Crippen LogP contribution in [0.1, 0.15) is 0 Å². The standard InChI is InChI=1S/C6H6.CH2O2.2ClH/c1-2-4-6-5-3-1;2-1-3;;/h1-6H;1H,(H,2,3);2*1H. The average Bonchev–Trinajstić information content (AvgIpc) is 1.93. The van der Waals surface area contributed by atoms with Gasteiger partial charge in [-0.05, 0) is 0 Å². The molecule has 4 heteroatoms. The van der Waals surface area contributed by atoms with Gasteiger partial charge >= 0.3 is 0 Å². The van der Waals surface area contributed by atoms with Gasteiger partial charge in [-0.15, -0.1) is 24.8 Å². The van der Waals surface area contributed by atoms with Crippen molar-refractivity contribution in [2.24, 2.45) is 0 Å². The highest BCUT2D eigenvalue weighted by molar-refractivity contribution is 5.85. The van der Waals surface area contributed by atoms with Gasteiger partial charge in [0, 0.05) is 0 Å². The molecule has 11 heavy (non-hydrogen) atoms. The van der Waals surface area contributed by atoms with Crippen molar-refractivity contribution in [2.75, 3.05) is 0 Å². The van der Waals surface area contributed by atoms with Crippen LogP contribution in [-0.2, 0) is 4.79 Å². The van der Waals surface area contributed by atoms with Crippen molar-refractivity contribution < 1.29 is 9.90 Å². The molecule has 0 aliphatic rings. The second kappa shape index (κ2) is 16.1. The molecule has 0 spiro atoms. The van der Waals surface area contributed by atoms with Crippen molar-refractivity contribution in [1.82, 2.24) is 0 Å². The molecule has 64 valence electrons. The number of halogens is 2. The summed E-state index contributed by atoms with van der Waals surface area (Å²) in [6.45, 7) is -0.250. The summed E-state index contributed by atoms with van der Waals surface area (Å²) in [6.07, 6.45) is 0. The van der Waals surface area contributed by atoms with Crippen LogP contribution in [0.4, 0.5) is 0 Å². The van der Waals surface area contributed by atoms with Crippen LogP contribution in [0.2, 0.25) is 0 Å². The minimum atomic E-state index is -0.250. The number of benzene rings is 1. The highest BCUT2D eigenvalue weighted by Gasteiger charge is 1.57. The first-order valence-electron chi connectivity index (χ1n) is 2.49. The molecule has 0 saturated heterocycles. The molecule has 0 radical (unpaired) electrons. The zero-order valence-corrected chi connectivity index (χ0v) is 7.35. The average molecular weight is 197 g/mol. The zero-order chi connectivity index (χ0) is 6.95. The Bertz CT molecular complexity index is 118. The van der Waals surface area contributed by atoms with E-state index in [1.165, 1.54) is 0 Å². The van der Waals surface area contributed by atoms with E-state index in [2.05, 4.69) is 0 Å². The Morgan fingerprint density at radius 1 is 0.818 bits per heavy atom. The lowest BCUT2D eigenvalue weighted by Crippen LogP contribution is -1.49. The van der Waals surface area contributed by atoms with Gasteiger partial charge in [0.2, 0.25) is 0 Å². The molecular formula is C7H10Cl2O2. The Labute approximate surface area is 78.1 Å². The molecule has 1 aromatic rings. The molecule has 1 aromatic carbocycles. The van der Waals surface area contributed by atoms with Crippen LogP contribution >= 0.6 is 24.8 Å². The topological polar surface area (TPSA) is 37.3 Å². The highest BCUT2D eigenvalue weighted by atomic mass is 35.5. The smallest absolute Gasteiger partial charge is 0.290 e. The van der Waals surface area contributed by atoms with Crippen molar-refractivity contribution in [3.63, 3.8) is 0 Å². The summed E-state index contributed by atoms with van der Waals surface area (Å²) >= 11 is 0. The van der Waals surface area contributed by atoms with Gasteiger partial charge in [0.1, 0.15) is 0 Å². The molecule has 0 aliphatic heterocycles. The molecule has 0 atom stereocenters. The van der Waals surface area contributed by atoms with E-state index in [4.69, 9.17) is 9.90 Å². The first kappa shape index (κ1) is 16.7. The number of carbonyl (C=O) groups is 1. The van der Waals surface area contributed by atoms with Crippen molar-refractivity contribution in [3.8, 4) is 0 Å². The van der Waals surface area contributed by atoms with E-state index >= 15 is 0 Å². The van der Waals surface area contributed by atoms with Gasteiger partial charge in [-0.25, -0.2) is 0 Å². The van der Waals surface area contributed by atoms with Crippen molar-refractivity contribution in [2.45, 2.75) is 0 Å². The molecule has 2 nitrogen and oxygen atoms in total. The molecule has 1 rings (SSSR count). The third-order valence-electron chi connectivity index (χ3n) is 0.667. The molecule has 0 heterocycles. The Morgan fingerprint density at radius 2 is 0.909 bits per heavy atom. The van der Waals surface area contributed by atoms with Gasteiger partial charge in [0.05, 0.1) is 0 Å². The summed E-state index contributed by atoms with van der Waals surface area (Å²) in [7, 11) is 0. The Kier molecular flexibility index (Phi) is 24.5. The minimum absolute atomic E-state index is 0. The zero-order valence-electron chi connectivity index (χ0n) is 5.71. The van der Waals surface area contributed by atoms with E-state index in [-0.39, 0.29) is 31.3 Å². The predicted molar refractivity (Wildman–Crippen MR) is 49.6 cm³/mol. The summed E-state index contributed by atoms with van der Waals surface area (Å²) < 4.78 is 0. The molecule has 0 saturated carbocycles. The Hall–Kier alpha value is -0.730. The van der Waals surface area contributed by atoms with Gasteiger partial charge < -0.3 is 5.11 Å². The summed E-state index contributed by atoms with van der Waals surface area (Å²) in [5.74, 6) is 0. The number of hydrogen-bond acceptors (Lipinski definition) is 1. The molecule has 0 aliphatic carbocycles. The molecule has 0 unspecified atom stereocenters. The maximum atomic E-state index is 8.36. The van der Waals surface area contributed by atoms with Crippen LogP contribution in [0.15, 0.2) is 36.4 Å². The number of rotatable bonds is 0. The van der Waals surface area contributed by atoms with E-state index in [0.717, 1.165) is 0 Å². The van der Waals surface area contributed by atoms with Crippen LogP contribution in [0.5, 0.6) is 0 Å². The van der Waals surface area contributed by atoms with Crippen LogP contribution in [0, 0.1) is 0 Å². The maximum Gasteiger partial charge on any atom is 0.290 e. The SMILES string of the molecule is Cl.Cl.O=CO.c1ccccc1. The predicted octanol–water partition coefficient (Wildman–Crippen LogP) is 2.23. The van der Waals surface area contributed by atoms with Crippen LogP contribution in [0.3, 0.4) is 0 Å². The van der Waals surface area contributed by atoms with Crippen molar-refractivity contribution in [1.29, 1.82) is 0 Å². The van der Waals surface area contributed by atoms with Gasteiger partial charge in [-0.2, -0.15) is 0 Å². The molecule has 0 amide bonds. The van der Waals surface area contributed by atoms with Crippen LogP contribution in [-0.4, -0.2) is 11.6 Å². The highest BCUT2D eigenvalue weighted by Crippen LogP contribution is 1.79. The van der Waals surface area contributed by atoms with E-state index in [1.54, 1.807) is 0 Å². The first-order chi connectivity index (χ1) is 4.41. The second-order valence-corrected chi connectivity index (χ2v) is 1.26. The Balaban J connectivity index is -0.000000116. The van der Waals surface area contributed by atoms with Gasteiger partial charge in [0.25, 0.3) is 6.47 Å². The summed E-state index contributed by atoms with van der Waals surface area (Å²) in [4.78, 5) is 8.36. The van der Waals surface area contributed by atoms with Crippen molar-refractivity contribution in [3.05, 3.63) is 36.4 Å². The monoisotopic (exact) mass is 196 g/mol. The second-order valence-electron chi connectivity index (χ2n) is 1.26. The molecular weight excluding hydrogens is 187 g/mol. The van der Waals surface area contributed by atoms with Gasteiger partial charge in [-0.1, -0.05) is 36.4 Å². The maximum absolute atomic E-state index is 8.36. The van der Waals surface area contributed by atoms with E-state index < -0.39 is 0 Å². The summed E-state index contributed by atoms with van der Waals surface area (Å²) in [5.41, 5.74) is 0. The molecule has 0 aromatic heterocycles. The summed E-state index contributed by atoms with van der Waals surface area (Å²) in [6, 6.07) is 12.0. The minimum Gasteiger partial charge on any atom is -0.483 e. The number of carboxylic acid groups (broad SMARTS) is 1. The summed E-state index contributed by atoms with van der Waals surface area (Å²) in [5, 5.41) is 6.89. The molecule has 0 fully saturated rings. The normalized spacial score (nSPS) is 5.45. The van der Waals surface area contributed by atoms with Gasteiger partial charge in [-0.3, -0.25) is 4.79 Å². The fourth-order valence-electron chi connectivity index (χ4n) is 0.385. The lowest BCUT2D eigenvalue weighted by atomic mass is 10.4. The lowest BCUT2D eigenvalue weighted by Gasteiger charge is -1.69. The fraction of sp³-hybridized carbons (Fsp3) is 0. The fourth-order valence-corrected chi connectivity index (χ4v) is 0.385. The third-order valence-corrected chi connectivity index (χ3v) is 0.667. The third kappa shape index (κ3) is 17.6. The van der Waals surface area contributed by atoms with Crippen molar-refractivity contribution >= 4 is 31.3 Å². The molecule has 0 bridgehead atoms. The van der Waals surface area contributed by atoms with Crippen LogP contribution in [0.25, 0.3) is 0 Å². The van der Waals surface area contributed by atoms with E-state index in [0.29, 0.717) is 0 Å². The van der Waals surface area contributed by atoms with E-state index in [9.17, 15) is 0 Å².